The number of rotatable bonds is 2. The van der Waals surface area contributed by atoms with Gasteiger partial charge in [0.05, 0.1) is 11.6 Å². The standard InChI is InChI=1S/C12H12F5N/c13-11(14,10-2-1-7-18-10)8-3-5-9(6-4-8)12(15,16)17/h3-6,10,18H,1-2,7H2. The number of halogens is 5. The summed E-state index contributed by atoms with van der Waals surface area (Å²) in [5.74, 6) is -3.14. The molecular formula is C12H12F5N. The zero-order valence-electron chi connectivity index (χ0n) is 9.40. The molecule has 1 unspecified atom stereocenters. The molecule has 1 atom stereocenters. The minimum absolute atomic E-state index is 0.327. The van der Waals surface area contributed by atoms with Crippen molar-refractivity contribution in [2.75, 3.05) is 6.54 Å². The van der Waals surface area contributed by atoms with Gasteiger partial charge in [-0.05, 0) is 31.5 Å². The number of alkyl halides is 5. The highest BCUT2D eigenvalue weighted by Gasteiger charge is 2.43. The van der Waals surface area contributed by atoms with Gasteiger partial charge in [0.25, 0.3) is 5.92 Å². The Morgan fingerprint density at radius 1 is 0.944 bits per heavy atom. The SMILES string of the molecule is FC(F)(F)c1ccc(C(F)(F)C2CCCN2)cc1. The molecule has 0 radical (unpaired) electrons. The molecule has 0 bridgehead atoms. The number of hydrogen-bond acceptors (Lipinski definition) is 1. The highest BCUT2D eigenvalue weighted by atomic mass is 19.4. The van der Waals surface area contributed by atoms with Gasteiger partial charge in [-0.1, -0.05) is 12.1 Å². The lowest BCUT2D eigenvalue weighted by molar-refractivity contribution is -0.137. The normalized spacial score (nSPS) is 21.3. The Labute approximate surface area is 101 Å². The van der Waals surface area contributed by atoms with Crippen molar-refractivity contribution in [1.29, 1.82) is 0 Å². The summed E-state index contributed by atoms with van der Waals surface area (Å²) < 4.78 is 64.8. The molecule has 0 saturated carbocycles. The summed E-state index contributed by atoms with van der Waals surface area (Å²) >= 11 is 0. The van der Waals surface area contributed by atoms with Crippen molar-refractivity contribution in [1.82, 2.24) is 5.32 Å². The fourth-order valence-corrected chi connectivity index (χ4v) is 2.08. The molecule has 0 aromatic heterocycles. The van der Waals surface area contributed by atoms with Crippen LogP contribution in [0.25, 0.3) is 0 Å². The van der Waals surface area contributed by atoms with E-state index in [1.807, 2.05) is 0 Å². The van der Waals surface area contributed by atoms with Gasteiger partial charge in [0.1, 0.15) is 0 Å². The lowest BCUT2D eigenvalue weighted by Gasteiger charge is -2.24. The Balaban J connectivity index is 2.23. The molecule has 1 heterocycles. The minimum Gasteiger partial charge on any atom is -0.308 e. The molecule has 1 fully saturated rings. The van der Waals surface area contributed by atoms with Crippen LogP contribution in [-0.2, 0) is 12.1 Å². The zero-order valence-corrected chi connectivity index (χ0v) is 9.40. The van der Waals surface area contributed by atoms with E-state index in [9.17, 15) is 22.0 Å². The fourth-order valence-electron chi connectivity index (χ4n) is 2.08. The van der Waals surface area contributed by atoms with Crippen molar-refractivity contribution in [3.8, 4) is 0 Å². The van der Waals surface area contributed by atoms with Gasteiger partial charge < -0.3 is 5.32 Å². The van der Waals surface area contributed by atoms with E-state index in [-0.39, 0.29) is 5.56 Å². The molecule has 0 aliphatic carbocycles. The number of nitrogens with one attached hydrogen (secondary N) is 1. The van der Waals surface area contributed by atoms with Crippen LogP contribution in [0.3, 0.4) is 0 Å². The quantitative estimate of drug-likeness (QED) is 0.806. The van der Waals surface area contributed by atoms with Gasteiger partial charge >= 0.3 is 6.18 Å². The maximum absolute atomic E-state index is 13.9. The molecular weight excluding hydrogens is 253 g/mol. The van der Waals surface area contributed by atoms with E-state index in [0.717, 1.165) is 12.1 Å². The minimum atomic E-state index is -4.50. The van der Waals surface area contributed by atoms with Gasteiger partial charge in [-0.2, -0.15) is 22.0 Å². The van der Waals surface area contributed by atoms with Crippen LogP contribution in [0, 0.1) is 0 Å². The lowest BCUT2D eigenvalue weighted by atomic mass is 9.98. The van der Waals surface area contributed by atoms with E-state index in [1.165, 1.54) is 0 Å². The maximum Gasteiger partial charge on any atom is 0.416 e. The second-order valence-electron chi connectivity index (χ2n) is 4.35. The Bertz CT molecular complexity index is 403. The van der Waals surface area contributed by atoms with Crippen LogP contribution in [0.5, 0.6) is 0 Å². The molecule has 100 valence electrons. The Kier molecular flexibility index (Phi) is 3.31. The van der Waals surface area contributed by atoms with Gasteiger partial charge in [-0.25, -0.2) is 0 Å². The van der Waals surface area contributed by atoms with Gasteiger partial charge in [0.2, 0.25) is 0 Å². The van der Waals surface area contributed by atoms with Crippen molar-refractivity contribution in [3.63, 3.8) is 0 Å². The number of hydrogen-bond donors (Lipinski definition) is 1. The van der Waals surface area contributed by atoms with E-state index < -0.39 is 23.7 Å². The van der Waals surface area contributed by atoms with E-state index in [4.69, 9.17) is 0 Å². The van der Waals surface area contributed by atoms with Gasteiger partial charge in [0, 0.05) is 5.56 Å². The van der Waals surface area contributed by atoms with E-state index in [2.05, 4.69) is 5.32 Å². The average molecular weight is 265 g/mol. The van der Waals surface area contributed by atoms with Crippen molar-refractivity contribution in [2.45, 2.75) is 31.0 Å². The highest BCUT2D eigenvalue weighted by Crippen LogP contribution is 2.37. The van der Waals surface area contributed by atoms with Gasteiger partial charge in [-0.15, -0.1) is 0 Å². The molecule has 1 aromatic carbocycles. The topological polar surface area (TPSA) is 12.0 Å². The molecule has 1 saturated heterocycles. The predicted octanol–water partition coefficient (Wildman–Crippen LogP) is 3.55. The first kappa shape index (κ1) is 13.3. The Morgan fingerprint density at radius 2 is 1.50 bits per heavy atom. The molecule has 1 nitrogen and oxygen atoms in total. The summed E-state index contributed by atoms with van der Waals surface area (Å²) in [4.78, 5) is 0. The monoisotopic (exact) mass is 265 g/mol. The van der Waals surface area contributed by atoms with E-state index >= 15 is 0 Å². The zero-order chi connectivity index (χ0) is 13.4. The first-order valence-corrected chi connectivity index (χ1v) is 5.61. The summed E-state index contributed by atoms with van der Waals surface area (Å²) in [6.45, 7) is 0.515. The Morgan fingerprint density at radius 3 is 1.94 bits per heavy atom. The van der Waals surface area contributed by atoms with Crippen LogP contribution in [0.15, 0.2) is 24.3 Å². The summed E-state index contributed by atoms with van der Waals surface area (Å²) in [6.07, 6.45) is -3.52. The lowest BCUT2D eigenvalue weighted by Crippen LogP contribution is -2.38. The van der Waals surface area contributed by atoms with Crippen LogP contribution in [0.1, 0.15) is 24.0 Å². The molecule has 1 N–H and O–H groups in total. The van der Waals surface area contributed by atoms with Crippen LogP contribution in [0.2, 0.25) is 0 Å². The molecule has 1 aromatic rings. The summed E-state index contributed by atoms with van der Waals surface area (Å²) in [5.41, 5.74) is -1.30. The highest BCUT2D eigenvalue weighted by molar-refractivity contribution is 5.28. The molecule has 1 aliphatic rings. The smallest absolute Gasteiger partial charge is 0.308 e. The molecule has 0 amide bonds. The van der Waals surface area contributed by atoms with Crippen molar-refractivity contribution in [2.24, 2.45) is 0 Å². The molecule has 2 rings (SSSR count). The maximum atomic E-state index is 13.9. The third-order valence-electron chi connectivity index (χ3n) is 3.10. The third kappa shape index (κ3) is 2.48. The molecule has 0 spiro atoms. The average Bonchev–Trinajstić information content (AvgIpc) is 2.82. The van der Waals surface area contributed by atoms with Crippen LogP contribution >= 0.6 is 0 Å². The molecule has 18 heavy (non-hydrogen) atoms. The third-order valence-corrected chi connectivity index (χ3v) is 3.10. The summed E-state index contributed by atoms with van der Waals surface area (Å²) in [7, 11) is 0. The molecule has 6 heteroatoms. The van der Waals surface area contributed by atoms with Gasteiger partial charge in [0.15, 0.2) is 0 Å². The van der Waals surface area contributed by atoms with Crippen molar-refractivity contribution >= 4 is 0 Å². The van der Waals surface area contributed by atoms with Crippen LogP contribution in [0.4, 0.5) is 22.0 Å². The molecule has 1 aliphatic heterocycles. The first-order valence-electron chi connectivity index (χ1n) is 5.61. The van der Waals surface area contributed by atoms with Crippen LogP contribution < -0.4 is 5.32 Å². The largest absolute Gasteiger partial charge is 0.416 e. The van der Waals surface area contributed by atoms with Crippen molar-refractivity contribution in [3.05, 3.63) is 35.4 Å². The van der Waals surface area contributed by atoms with Gasteiger partial charge in [-0.3, -0.25) is 0 Å². The number of benzene rings is 1. The second kappa shape index (κ2) is 4.50. The summed E-state index contributed by atoms with van der Waals surface area (Å²) in [5, 5.41) is 2.67. The van der Waals surface area contributed by atoms with Crippen LogP contribution in [-0.4, -0.2) is 12.6 Å². The fraction of sp³-hybridized carbons (Fsp3) is 0.500. The Hall–Kier alpha value is -1.17. The second-order valence-corrected chi connectivity index (χ2v) is 4.35. The first-order chi connectivity index (χ1) is 8.32. The predicted molar refractivity (Wildman–Crippen MR) is 56.4 cm³/mol. The van der Waals surface area contributed by atoms with E-state index in [1.54, 1.807) is 0 Å². The van der Waals surface area contributed by atoms with Crippen molar-refractivity contribution < 1.29 is 22.0 Å². The summed E-state index contributed by atoms with van der Waals surface area (Å²) in [6, 6.07) is 2.09. The van der Waals surface area contributed by atoms with E-state index in [0.29, 0.717) is 31.5 Å².